The van der Waals surface area contributed by atoms with Gasteiger partial charge in [-0.3, -0.25) is 14.5 Å². The molecular formula is C31H23Cl2NO5. The minimum Gasteiger partial charge on any atom is -0.508 e. The molecule has 4 aromatic carbocycles. The van der Waals surface area contributed by atoms with Crippen molar-refractivity contribution >= 4 is 46.3 Å². The summed E-state index contributed by atoms with van der Waals surface area (Å²) in [6.07, 6.45) is 0. The number of ether oxygens (including phenoxy) is 1. The Morgan fingerprint density at radius 1 is 0.897 bits per heavy atom. The van der Waals surface area contributed by atoms with E-state index in [9.17, 15) is 19.8 Å². The van der Waals surface area contributed by atoms with Gasteiger partial charge in [-0.2, -0.15) is 0 Å². The van der Waals surface area contributed by atoms with Crippen LogP contribution in [0.3, 0.4) is 0 Å². The van der Waals surface area contributed by atoms with Gasteiger partial charge in [0.1, 0.15) is 23.9 Å². The van der Waals surface area contributed by atoms with Gasteiger partial charge in [0, 0.05) is 21.3 Å². The number of aryl methyl sites for hydroxylation is 1. The maximum absolute atomic E-state index is 13.4. The third-order valence-electron chi connectivity index (χ3n) is 6.44. The number of carbonyl (C=O) groups is 2. The molecule has 1 unspecified atom stereocenters. The topological polar surface area (TPSA) is 87.1 Å². The van der Waals surface area contributed by atoms with Crippen LogP contribution >= 0.6 is 23.2 Å². The summed E-state index contributed by atoms with van der Waals surface area (Å²) in [7, 11) is 0. The van der Waals surface area contributed by atoms with Gasteiger partial charge in [-0.15, -0.1) is 0 Å². The minimum atomic E-state index is -1.04. The number of halogens is 2. The van der Waals surface area contributed by atoms with E-state index in [4.69, 9.17) is 27.9 Å². The quantitative estimate of drug-likeness (QED) is 0.148. The van der Waals surface area contributed by atoms with Crippen molar-refractivity contribution in [3.05, 3.63) is 129 Å². The van der Waals surface area contributed by atoms with Crippen LogP contribution in [0.1, 0.15) is 28.3 Å². The third-order valence-corrected chi connectivity index (χ3v) is 6.88. The summed E-state index contributed by atoms with van der Waals surface area (Å²) < 4.78 is 5.94. The van der Waals surface area contributed by atoms with E-state index in [0.29, 0.717) is 23.5 Å². The number of rotatable bonds is 6. The molecule has 0 radical (unpaired) electrons. The number of phenolic OH excluding ortho intramolecular Hbond substituents is 1. The van der Waals surface area contributed by atoms with Crippen molar-refractivity contribution in [1.29, 1.82) is 0 Å². The second-order valence-electron chi connectivity index (χ2n) is 9.15. The third kappa shape index (κ3) is 5.35. The Hall–Kier alpha value is -4.26. The molecule has 39 heavy (non-hydrogen) atoms. The lowest BCUT2D eigenvalue weighted by atomic mass is 9.94. The zero-order chi connectivity index (χ0) is 27.7. The van der Waals surface area contributed by atoms with Crippen molar-refractivity contribution in [1.82, 2.24) is 0 Å². The lowest BCUT2D eigenvalue weighted by Crippen LogP contribution is -2.29. The first kappa shape index (κ1) is 26.4. The molecule has 1 aliphatic rings. The van der Waals surface area contributed by atoms with E-state index in [1.165, 1.54) is 35.2 Å². The van der Waals surface area contributed by atoms with Crippen LogP contribution in [-0.4, -0.2) is 21.9 Å². The molecule has 0 bridgehead atoms. The number of carbonyl (C=O) groups excluding carboxylic acids is 2. The van der Waals surface area contributed by atoms with E-state index in [2.05, 4.69) is 0 Å². The largest absolute Gasteiger partial charge is 0.508 e. The second kappa shape index (κ2) is 10.8. The standard InChI is InChI=1S/C31H23Cl2NO5/c1-18-12-21(10-11-26(18)39-17-19-6-3-2-4-7-19)29(36)27-28(20-8-5-9-25(35)13-20)34(31(38)30(27)37)24-15-22(32)14-23(33)16-24/h2-16,28,35-36H,17H2,1H3/b29-27+. The first-order chi connectivity index (χ1) is 18.7. The summed E-state index contributed by atoms with van der Waals surface area (Å²) in [4.78, 5) is 28.0. The number of nitrogens with zero attached hydrogens (tertiary/aromatic N) is 1. The van der Waals surface area contributed by atoms with Crippen molar-refractivity contribution in [2.24, 2.45) is 0 Å². The van der Waals surface area contributed by atoms with E-state index in [0.717, 1.165) is 11.1 Å². The van der Waals surface area contributed by atoms with Gasteiger partial charge < -0.3 is 14.9 Å². The summed E-state index contributed by atoms with van der Waals surface area (Å²) >= 11 is 12.4. The molecular weight excluding hydrogens is 537 g/mol. The van der Waals surface area contributed by atoms with E-state index < -0.39 is 17.7 Å². The molecule has 4 aromatic rings. The summed E-state index contributed by atoms with van der Waals surface area (Å²) in [6.45, 7) is 2.20. The van der Waals surface area contributed by atoms with Gasteiger partial charge in [-0.05, 0) is 72.1 Å². The van der Waals surface area contributed by atoms with Crippen LogP contribution in [0.5, 0.6) is 11.5 Å². The average Bonchev–Trinajstić information content (AvgIpc) is 3.17. The van der Waals surface area contributed by atoms with Crippen LogP contribution in [0, 0.1) is 6.92 Å². The van der Waals surface area contributed by atoms with Crippen LogP contribution in [0.4, 0.5) is 5.69 Å². The number of benzene rings is 4. The van der Waals surface area contributed by atoms with Gasteiger partial charge in [0.15, 0.2) is 0 Å². The van der Waals surface area contributed by atoms with E-state index in [1.54, 1.807) is 30.3 Å². The zero-order valence-electron chi connectivity index (χ0n) is 20.8. The Balaban J connectivity index is 1.58. The summed E-state index contributed by atoms with van der Waals surface area (Å²) in [5.41, 5.74) is 2.66. The monoisotopic (exact) mass is 559 g/mol. The number of hydrogen-bond donors (Lipinski definition) is 2. The highest BCUT2D eigenvalue weighted by Crippen LogP contribution is 2.44. The Morgan fingerprint density at radius 3 is 2.28 bits per heavy atom. The molecule has 1 heterocycles. The number of Topliss-reactive ketones (excluding diaryl/α,β-unsaturated/α-hetero) is 1. The first-order valence-corrected chi connectivity index (χ1v) is 12.8. The SMILES string of the molecule is Cc1cc(/C(O)=C2\C(=O)C(=O)N(c3cc(Cl)cc(Cl)c3)C2c2cccc(O)c2)ccc1OCc1ccccc1. The van der Waals surface area contributed by atoms with Gasteiger partial charge in [-0.25, -0.2) is 0 Å². The molecule has 0 saturated carbocycles. The number of aromatic hydroxyl groups is 1. The van der Waals surface area contributed by atoms with Gasteiger partial charge in [-0.1, -0.05) is 65.7 Å². The fourth-order valence-electron chi connectivity index (χ4n) is 4.64. The Bertz CT molecular complexity index is 1600. The molecule has 1 fully saturated rings. The predicted molar refractivity (Wildman–Crippen MR) is 151 cm³/mol. The van der Waals surface area contributed by atoms with E-state index in [1.807, 2.05) is 37.3 Å². The van der Waals surface area contributed by atoms with Crippen LogP contribution in [0.15, 0.2) is 96.6 Å². The maximum Gasteiger partial charge on any atom is 0.300 e. The Labute approximate surface area is 235 Å². The van der Waals surface area contributed by atoms with Gasteiger partial charge in [0.2, 0.25) is 0 Å². The van der Waals surface area contributed by atoms with Crippen LogP contribution < -0.4 is 9.64 Å². The lowest BCUT2D eigenvalue weighted by Gasteiger charge is -2.26. The van der Waals surface area contributed by atoms with Crippen molar-refractivity contribution in [2.45, 2.75) is 19.6 Å². The molecule has 0 spiro atoms. The smallest absolute Gasteiger partial charge is 0.300 e. The Kier molecular flexibility index (Phi) is 7.33. The zero-order valence-corrected chi connectivity index (χ0v) is 22.3. The highest BCUT2D eigenvalue weighted by Gasteiger charge is 2.47. The summed E-state index contributed by atoms with van der Waals surface area (Å²) in [5, 5.41) is 22.1. The highest BCUT2D eigenvalue weighted by molar-refractivity contribution is 6.52. The van der Waals surface area contributed by atoms with Crippen LogP contribution in [0.2, 0.25) is 10.0 Å². The Morgan fingerprint density at radius 2 is 1.62 bits per heavy atom. The number of aliphatic hydroxyl groups is 1. The number of hydrogen-bond acceptors (Lipinski definition) is 5. The first-order valence-electron chi connectivity index (χ1n) is 12.1. The molecule has 1 amide bonds. The molecule has 0 aliphatic carbocycles. The normalized spacial score (nSPS) is 16.5. The second-order valence-corrected chi connectivity index (χ2v) is 10.0. The van der Waals surface area contributed by atoms with Crippen molar-refractivity contribution < 1.29 is 24.5 Å². The van der Waals surface area contributed by atoms with E-state index >= 15 is 0 Å². The van der Waals surface area contributed by atoms with Crippen LogP contribution in [0.25, 0.3) is 5.76 Å². The number of phenols is 1. The van der Waals surface area contributed by atoms with Gasteiger partial charge in [0.05, 0.1) is 11.6 Å². The maximum atomic E-state index is 13.4. The van der Waals surface area contributed by atoms with Gasteiger partial charge >= 0.3 is 0 Å². The molecule has 2 N–H and O–H groups in total. The summed E-state index contributed by atoms with van der Waals surface area (Å²) in [5.74, 6) is -1.52. The molecule has 0 aromatic heterocycles. The molecule has 196 valence electrons. The number of aliphatic hydroxyl groups excluding tert-OH is 1. The molecule has 1 aliphatic heterocycles. The van der Waals surface area contributed by atoms with Crippen LogP contribution in [-0.2, 0) is 16.2 Å². The van der Waals surface area contributed by atoms with Crippen molar-refractivity contribution in [2.75, 3.05) is 4.90 Å². The molecule has 8 heteroatoms. The fraction of sp³-hybridized carbons (Fsp3) is 0.0968. The number of ketones is 1. The fourth-order valence-corrected chi connectivity index (χ4v) is 5.15. The molecule has 1 atom stereocenters. The average molecular weight is 560 g/mol. The highest BCUT2D eigenvalue weighted by atomic mass is 35.5. The van der Waals surface area contributed by atoms with Crippen molar-refractivity contribution in [3.8, 4) is 11.5 Å². The van der Waals surface area contributed by atoms with Crippen molar-refractivity contribution in [3.63, 3.8) is 0 Å². The number of anilines is 1. The molecule has 1 saturated heterocycles. The number of amides is 1. The molecule has 6 nitrogen and oxygen atoms in total. The van der Waals surface area contributed by atoms with Gasteiger partial charge in [0.25, 0.3) is 11.7 Å². The molecule has 5 rings (SSSR count). The summed E-state index contributed by atoms with van der Waals surface area (Å²) in [6, 6.07) is 24.4. The predicted octanol–water partition coefficient (Wildman–Crippen LogP) is 7.21. The minimum absolute atomic E-state index is 0.0574. The van der Waals surface area contributed by atoms with E-state index in [-0.39, 0.29) is 32.8 Å². The lowest BCUT2D eigenvalue weighted by molar-refractivity contribution is -0.132.